The SMILES string of the molecule is Cc1nn(C)c2nc(C3CC3)cc(C(=O)N3CC(OCCCOc4ccccc4)C3)c12. The molecule has 1 saturated carbocycles. The fourth-order valence-electron chi connectivity index (χ4n) is 4.12. The van der Waals surface area contributed by atoms with Crippen LogP contribution in [-0.2, 0) is 11.8 Å². The molecule has 2 aliphatic rings. The molecule has 1 aliphatic heterocycles. The van der Waals surface area contributed by atoms with Gasteiger partial charge in [0.05, 0.1) is 36.0 Å². The Morgan fingerprint density at radius 1 is 1.16 bits per heavy atom. The summed E-state index contributed by atoms with van der Waals surface area (Å²) in [7, 11) is 1.89. The summed E-state index contributed by atoms with van der Waals surface area (Å²) in [6.45, 7) is 4.45. The van der Waals surface area contributed by atoms with Gasteiger partial charge in [0.1, 0.15) is 5.75 Å². The Morgan fingerprint density at radius 2 is 1.94 bits per heavy atom. The number of amides is 1. The van der Waals surface area contributed by atoms with Crippen molar-refractivity contribution in [2.75, 3.05) is 26.3 Å². The number of ether oxygens (including phenoxy) is 2. The number of benzene rings is 1. The van der Waals surface area contributed by atoms with Crippen molar-refractivity contribution in [3.63, 3.8) is 0 Å². The van der Waals surface area contributed by atoms with E-state index in [1.54, 1.807) is 4.68 Å². The van der Waals surface area contributed by atoms with Gasteiger partial charge in [-0.15, -0.1) is 0 Å². The fraction of sp³-hybridized carbons (Fsp3) is 0.458. The van der Waals surface area contributed by atoms with Crippen LogP contribution < -0.4 is 4.74 Å². The van der Waals surface area contributed by atoms with Crippen LogP contribution in [0, 0.1) is 6.92 Å². The molecule has 1 saturated heterocycles. The maximum atomic E-state index is 13.3. The molecule has 3 heterocycles. The predicted molar refractivity (Wildman–Crippen MR) is 117 cm³/mol. The van der Waals surface area contributed by atoms with Crippen molar-refractivity contribution in [2.24, 2.45) is 7.05 Å². The van der Waals surface area contributed by atoms with E-state index in [2.05, 4.69) is 5.10 Å². The molecule has 5 rings (SSSR count). The molecule has 2 fully saturated rings. The van der Waals surface area contributed by atoms with Crippen LogP contribution in [0.2, 0.25) is 0 Å². The zero-order chi connectivity index (χ0) is 21.4. The number of pyridine rings is 1. The van der Waals surface area contributed by atoms with Crippen LogP contribution in [0.25, 0.3) is 11.0 Å². The lowest BCUT2D eigenvalue weighted by molar-refractivity contribution is -0.0448. The smallest absolute Gasteiger partial charge is 0.254 e. The highest BCUT2D eigenvalue weighted by Gasteiger charge is 2.35. The van der Waals surface area contributed by atoms with Crippen molar-refractivity contribution in [2.45, 2.75) is 38.2 Å². The molecular formula is C24H28N4O3. The van der Waals surface area contributed by atoms with Gasteiger partial charge in [0.2, 0.25) is 0 Å². The van der Waals surface area contributed by atoms with E-state index in [1.165, 1.54) is 0 Å². The molecule has 0 N–H and O–H groups in total. The van der Waals surface area contributed by atoms with Gasteiger partial charge in [0.15, 0.2) is 5.65 Å². The van der Waals surface area contributed by atoms with Crippen LogP contribution >= 0.6 is 0 Å². The summed E-state index contributed by atoms with van der Waals surface area (Å²) in [4.78, 5) is 19.9. The highest BCUT2D eigenvalue weighted by molar-refractivity contribution is 6.06. The van der Waals surface area contributed by atoms with Gasteiger partial charge in [-0.1, -0.05) is 18.2 Å². The fourth-order valence-corrected chi connectivity index (χ4v) is 4.12. The third-order valence-corrected chi connectivity index (χ3v) is 6.00. The minimum Gasteiger partial charge on any atom is -0.494 e. The standard InChI is InChI=1S/C24H28N4O3/c1-16-22-20(13-21(17-9-10-17)25-23(22)27(2)26-16)24(29)28-14-19(15-28)31-12-6-11-30-18-7-4-3-5-8-18/h3-5,7-8,13,17,19H,6,9-12,14-15H2,1-2H3. The summed E-state index contributed by atoms with van der Waals surface area (Å²) >= 11 is 0. The molecule has 31 heavy (non-hydrogen) atoms. The number of aromatic nitrogens is 3. The first-order valence-electron chi connectivity index (χ1n) is 11.0. The second-order valence-electron chi connectivity index (χ2n) is 8.49. The molecule has 1 aromatic carbocycles. The first-order chi connectivity index (χ1) is 15.1. The average molecular weight is 421 g/mol. The Hall–Kier alpha value is -2.93. The Labute approximate surface area is 182 Å². The van der Waals surface area contributed by atoms with Gasteiger partial charge >= 0.3 is 0 Å². The summed E-state index contributed by atoms with van der Waals surface area (Å²) < 4.78 is 13.4. The Morgan fingerprint density at radius 3 is 2.68 bits per heavy atom. The van der Waals surface area contributed by atoms with Crippen molar-refractivity contribution < 1.29 is 14.3 Å². The van der Waals surface area contributed by atoms with Gasteiger partial charge in [-0.25, -0.2) is 4.98 Å². The van der Waals surface area contributed by atoms with Crippen LogP contribution in [0.1, 0.15) is 46.9 Å². The minimum absolute atomic E-state index is 0.0534. The monoisotopic (exact) mass is 420 g/mol. The Bertz CT molecular complexity index is 1090. The van der Waals surface area contributed by atoms with Crippen molar-refractivity contribution >= 4 is 16.9 Å². The molecule has 7 nitrogen and oxygen atoms in total. The number of rotatable bonds is 8. The van der Waals surface area contributed by atoms with Gasteiger partial charge in [-0.3, -0.25) is 9.48 Å². The van der Waals surface area contributed by atoms with Crippen molar-refractivity contribution in [1.82, 2.24) is 19.7 Å². The Kier molecular flexibility index (Phi) is 5.36. The van der Waals surface area contributed by atoms with Crippen LogP contribution in [-0.4, -0.2) is 58.0 Å². The van der Waals surface area contributed by atoms with Crippen LogP contribution in [0.3, 0.4) is 0 Å². The van der Waals surface area contributed by atoms with Crippen LogP contribution in [0.5, 0.6) is 5.75 Å². The first-order valence-corrected chi connectivity index (χ1v) is 11.0. The molecule has 0 unspecified atom stereocenters. The average Bonchev–Trinajstić information content (AvgIpc) is 3.55. The van der Waals surface area contributed by atoms with Crippen molar-refractivity contribution in [3.8, 4) is 5.75 Å². The van der Waals surface area contributed by atoms with Crippen LogP contribution in [0.15, 0.2) is 36.4 Å². The van der Waals surface area contributed by atoms with E-state index in [9.17, 15) is 4.79 Å². The van der Waals surface area contributed by atoms with E-state index in [0.717, 1.165) is 53.0 Å². The molecule has 0 atom stereocenters. The molecule has 7 heteroatoms. The highest BCUT2D eigenvalue weighted by atomic mass is 16.5. The topological polar surface area (TPSA) is 69.5 Å². The van der Waals surface area contributed by atoms with E-state index in [0.29, 0.717) is 32.2 Å². The normalized spacial score (nSPS) is 16.5. The van der Waals surface area contributed by atoms with E-state index in [4.69, 9.17) is 14.5 Å². The van der Waals surface area contributed by atoms with E-state index < -0.39 is 0 Å². The molecule has 0 radical (unpaired) electrons. The number of para-hydroxylation sites is 1. The number of carbonyl (C=O) groups is 1. The summed E-state index contributed by atoms with van der Waals surface area (Å²) in [5.41, 5.74) is 3.40. The first kappa shape index (κ1) is 20.0. The number of aryl methyl sites for hydroxylation is 2. The van der Waals surface area contributed by atoms with Gasteiger partial charge < -0.3 is 14.4 Å². The van der Waals surface area contributed by atoms with E-state index in [1.807, 2.05) is 55.3 Å². The van der Waals surface area contributed by atoms with Gasteiger partial charge in [-0.05, 0) is 38.0 Å². The molecule has 1 amide bonds. The summed E-state index contributed by atoms with van der Waals surface area (Å²) in [5, 5.41) is 5.37. The molecule has 0 bridgehead atoms. The maximum Gasteiger partial charge on any atom is 0.254 e. The lowest BCUT2D eigenvalue weighted by atomic mass is 10.0. The summed E-state index contributed by atoms with van der Waals surface area (Å²) in [6, 6.07) is 11.8. The second-order valence-corrected chi connectivity index (χ2v) is 8.49. The molecule has 3 aromatic rings. The minimum atomic E-state index is 0.0534. The number of fused-ring (bicyclic) bond motifs is 1. The third kappa shape index (κ3) is 4.14. The van der Waals surface area contributed by atoms with Gasteiger partial charge in [0, 0.05) is 38.2 Å². The number of hydrogen-bond acceptors (Lipinski definition) is 5. The maximum absolute atomic E-state index is 13.3. The molecule has 1 aliphatic carbocycles. The zero-order valence-corrected chi connectivity index (χ0v) is 18.1. The highest BCUT2D eigenvalue weighted by Crippen LogP contribution is 2.40. The molecule has 0 spiro atoms. The van der Waals surface area contributed by atoms with E-state index >= 15 is 0 Å². The second kappa shape index (κ2) is 8.30. The largest absolute Gasteiger partial charge is 0.494 e. The van der Waals surface area contributed by atoms with Crippen molar-refractivity contribution in [3.05, 3.63) is 53.3 Å². The van der Waals surface area contributed by atoms with Crippen LogP contribution in [0.4, 0.5) is 0 Å². The third-order valence-electron chi connectivity index (χ3n) is 6.00. The van der Waals surface area contributed by atoms with E-state index in [-0.39, 0.29) is 12.0 Å². The lowest BCUT2D eigenvalue weighted by Crippen LogP contribution is -2.54. The number of likely N-dealkylation sites (tertiary alicyclic amines) is 1. The molecule has 2 aromatic heterocycles. The summed E-state index contributed by atoms with van der Waals surface area (Å²) in [5.74, 6) is 1.41. The van der Waals surface area contributed by atoms with Crippen molar-refractivity contribution in [1.29, 1.82) is 0 Å². The number of nitrogens with zero attached hydrogens (tertiary/aromatic N) is 4. The quantitative estimate of drug-likeness (QED) is 0.522. The summed E-state index contributed by atoms with van der Waals surface area (Å²) in [6.07, 6.45) is 3.22. The predicted octanol–water partition coefficient (Wildman–Crippen LogP) is 3.46. The zero-order valence-electron chi connectivity index (χ0n) is 18.1. The van der Waals surface area contributed by atoms with Gasteiger partial charge in [0.25, 0.3) is 5.91 Å². The van der Waals surface area contributed by atoms with Gasteiger partial charge in [-0.2, -0.15) is 5.10 Å². The lowest BCUT2D eigenvalue weighted by Gasteiger charge is -2.39. The molecular weight excluding hydrogens is 392 g/mol. The number of hydrogen-bond donors (Lipinski definition) is 0. The Balaban J connectivity index is 1.16. The number of carbonyl (C=O) groups excluding carboxylic acids is 1. The molecule has 162 valence electrons.